The number of rotatable bonds is 2. The lowest BCUT2D eigenvalue weighted by Crippen LogP contribution is -2.41. The maximum absolute atomic E-state index is 12.5. The summed E-state index contributed by atoms with van der Waals surface area (Å²) in [5.74, 6) is -1.53. The fourth-order valence-corrected chi connectivity index (χ4v) is 3.06. The lowest BCUT2D eigenvalue weighted by atomic mass is 9.91. The van der Waals surface area contributed by atoms with Crippen LogP contribution >= 0.6 is 11.5 Å². The quantitative estimate of drug-likeness (QED) is 0.824. The largest absolute Gasteiger partial charge is 0.480 e. The third-order valence-corrected chi connectivity index (χ3v) is 3.93. The molecule has 1 aromatic rings. The van der Waals surface area contributed by atoms with Gasteiger partial charge >= 0.3 is 5.97 Å². The second kappa shape index (κ2) is 5.10. The minimum Gasteiger partial charge on any atom is -0.480 e. The van der Waals surface area contributed by atoms with Crippen LogP contribution in [0.4, 0.5) is 0 Å². The Kier molecular flexibility index (Phi) is 3.79. The highest BCUT2D eigenvalue weighted by Gasteiger charge is 2.41. The zero-order valence-electron chi connectivity index (χ0n) is 11.5. The van der Waals surface area contributed by atoms with Crippen LogP contribution in [0, 0.1) is 0 Å². The molecule has 1 saturated heterocycles. The molecule has 1 amide bonds. The summed E-state index contributed by atoms with van der Waals surface area (Å²) < 4.78 is 3.80. The van der Waals surface area contributed by atoms with Crippen molar-refractivity contribution in [3.05, 3.63) is 10.6 Å². The number of amides is 1. The average molecular weight is 299 g/mol. The highest BCUT2D eigenvalue weighted by Crippen LogP contribution is 2.29. The molecule has 0 spiro atoms. The topological polar surface area (TPSA) is 104 Å². The summed E-state index contributed by atoms with van der Waals surface area (Å²) in [6.45, 7) is 5.76. The molecule has 0 bridgehead atoms. The van der Waals surface area contributed by atoms with Crippen LogP contribution in [0.15, 0.2) is 0 Å². The van der Waals surface area contributed by atoms with E-state index in [1.165, 1.54) is 4.90 Å². The maximum atomic E-state index is 12.5. The summed E-state index contributed by atoms with van der Waals surface area (Å²) in [7, 11) is 0. The predicted molar refractivity (Wildman–Crippen MR) is 71.7 cm³/mol. The first-order valence-corrected chi connectivity index (χ1v) is 7.04. The van der Waals surface area contributed by atoms with E-state index in [9.17, 15) is 14.7 Å². The molecule has 2 atom stereocenters. The molecule has 2 heterocycles. The van der Waals surface area contributed by atoms with Crippen LogP contribution in [-0.4, -0.2) is 55.3 Å². The number of aliphatic hydroxyl groups excluding tert-OH is 1. The van der Waals surface area contributed by atoms with E-state index < -0.39 is 24.0 Å². The van der Waals surface area contributed by atoms with E-state index in [4.69, 9.17) is 5.11 Å². The molecular weight excluding hydrogens is 282 g/mol. The monoisotopic (exact) mass is 299 g/mol. The van der Waals surface area contributed by atoms with Crippen LogP contribution in [-0.2, 0) is 10.2 Å². The van der Waals surface area contributed by atoms with Crippen LogP contribution in [0.25, 0.3) is 0 Å². The van der Waals surface area contributed by atoms with Crippen molar-refractivity contribution in [1.82, 2.24) is 14.5 Å². The number of carboxylic acids is 1. The van der Waals surface area contributed by atoms with Gasteiger partial charge in [0, 0.05) is 18.4 Å². The molecule has 0 aromatic carbocycles. The Bertz CT molecular complexity index is 537. The number of carbonyl (C=O) groups excluding carboxylic acids is 1. The Morgan fingerprint density at radius 3 is 2.60 bits per heavy atom. The molecule has 20 heavy (non-hydrogen) atoms. The molecule has 0 saturated carbocycles. The molecule has 0 radical (unpaired) electrons. The molecule has 1 aromatic heterocycles. The van der Waals surface area contributed by atoms with Gasteiger partial charge in [-0.3, -0.25) is 4.79 Å². The number of likely N-dealkylation sites (tertiary alicyclic amines) is 1. The average Bonchev–Trinajstić information content (AvgIpc) is 2.92. The number of hydrogen-bond acceptors (Lipinski definition) is 6. The highest BCUT2D eigenvalue weighted by atomic mass is 32.1. The molecule has 0 aliphatic carbocycles. The van der Waals surface area contributed by atoms with Crippen molar-refractivity contribution in [2.45, 2.75) is 44.8 Å². The molecule has 2 unspecified atom stereocenters. The number of nitrogens with zero attached hydrogens (tertiary/aromatic N) is 3. The van der Waals surface area contributed by atoms with Gasteiger partial charge in [-0.1, -0.05) is 25.3 Å². The Balaban J connectivity index is 2.32. The van der Waals surface area contributed by atoms with E-state index in [-0.39, 0.29) is 18.4 Å². The number of aliphatic carboxylic acids is 1. The standard InChI is InChI=1S/C12H17N3O4S/c1-12(2,3)9-8(20-14-13-9)10(17)15-5-6(16)4-7(15)11(18)19/h6-7,16H,4-5H2,1-3H3,(H,18,19). The normalized spacial score (nSPS) is 23.1. The lowest BCUT2D eigenvalue weighted by Gasteiger charge is -2.22. The van der Waals surface area contributed by atoms with Crippen LogP contribution in [0.2, 0.25) is 0 Å². The lowest BCUT2D eigenvalue weighted by molar-refractivity contribution is -0.141. The predicted octanol–water partition coefficient (Wildman–Crippen LogP) is 0.496. The number of β-amino-alcohol motifs (C(OH)–C–C–N with tert-alkyl or cyclic N) is 1. The smallest absolute Gasteiger partial charge is 0.326 e. The van der Waals surface area contributed by atoms with Crippen molar-refractivity contribution in [3.8, 4) is 0 Å². The summed E-state index contributed by atoms with van der Waals surface area (Å²) in [5, 5.41) is 22.7. The van der Waals surface area contributed by atoms with Crippen molar-refractivity contribution < 1.29 is 19.8 Å². The van der Waals surface area contributed by atoms with Gasteiger partial charge in [0.25, 0.3) is 5.91 Å². The molecule has 1 aliphatic rings. The van der Waals surface area contributed by atoms with Crippen molar-refractivity contribution in [1.29, 1.82) is 0 Å². The third-order valence-electron chi connectivity index (χ3n) is 3.22. The third kappa shape index (κ3) is 2.66. The second-order valence-corrected chi connectivity index (χ2v) is 6.66. The first kappa shape index (κ1) is 14.9. The number of aliphatic hydroxyl groups is 1. The highest BCUT2D eigenvalue weighted by molar-refractivity contribution is 7.08. The van der Waals surface area contributed by atoms with Crippen LogP contribution in [0.5, 0.6) is 0 Å². The van der Waals surface area contributed by atoms with Gasteiger partial charge in [-0.25, -0.2) is 4.79 Å². The van der Waals surface area contributed by atoms with E-state index in [0.29, 0.717) is 10.6 Å². The summed E-state index contributed by atoms with van der Waals surface area (Å²) >= 11 is 0.959. The van der Waals surface area contributed by atoms with Crippen molar-refractivity contribution in [2.24, 2.45) is 0 Å². The van der Waals surface area contributed by atoms with E-state index in [0.717, 1.165) is 11.5 Å². The maximum Gasteiger partial charge on any atom is 0.326 e. The molecule has 1 fully saturated rings. The van der Waals surface area contributed by atoms with Crippen molar-refractivity contribution in [3.63, 3.8) is 0 Å². The number of carboxylic acid groups (broad SMARTS) is 1. The Morgan fingerprint density at radius 1 is 1.40 bits per heavy atom. The van der Waals surface area contributed by atoms with Crippen LogP contribution < -0.4 is 0 Å². The van der Waals surface area contributed by atoms with Gasteiger partial charge in [0.15, 0.2) is 0 Å². The van der Waals surface area contributed by atoms with Gasteiger partial charge in [-0.2, -0.15) is 0 Å². The molecule has 2 rings (SSSR count). The summed E-state index contributed by atoms with van der Waals surface area (Å²) in [6, 6.07) is -0.993. The first-order chi connectivity index (χ1) is 9.21. The first-order valence-electron chi connectivity index (χ1n) is 6.26. The number of hydrogen-bond donors (Lipinski definition) is 2. The molecule has 2 N–H and O–H groups in total. The van der Waals surface area contributed by atoms with Gasteiger partial charge in [0.05, 0.1) is 11.8 Å². The molecule has 7 nitrogen and oxygen atoms in total. The fraction of sp³-hybridized carbons (Fsp3) is 0.667. The van der Waals surface area contributed by atoms with Gasteiger partial charge < -0.3 is 15.1 Å². The van der Waals surface area contributed by atoms with E-state index >= 15 is 0 Å². The summed E-state index contributed by atoms with van der Waals surface area (Å²) in [6.07, 6.45) is -0.753. The van der Waals surface area contributed by atoms with Crippen LogP contribution in [0.1, 0.15) is 42.6 Å². The number of carbonyl (C=O) groups is 2. The van der Waals surface area contributed by atoms with Crippen molar-refractivity contribution >= 4 is 23.4 Å². The zero-order valence-corrected chi connectivity index (χ0v) is 12.3. The van der Waals surface area contributed by atoms with E-state index in [1.807, 2.05) is 20.8 Å². The summed E-state index contributed by atoms with van der Waals surface area (Å²) in [5.41, 5.74) is 0.202. The molecule has 8 heteroatoms. The fourth-order valence-electron chi connectivity index (χ4n) is 2.22. The van der Waals surface area contributed by atoms with E-state index in [1.54, 1.807) is 0 Å². The zero-order chi connectivity index (χ0) is 15.1. The SMILES string of the molecule is CC(C)(C)c1nnsc1C(=O)N1CC(O)CC1C(=O)O. The van der Waals surface area contributed by atoms with Crippen molar-refractivity contribution in [2.75, 3.05) is 6.54 Å². The minimum atomic E-state index is -1.11. The van der Waals surface area contributed by atoms with E-state index in [2.05, 4.69) is 9.59 Å². The van der Waals surface area contributed by atoms with Gasteiger partial charge in [0.1, 0.15) is 10.9 Å². The minimum absolute atomic E-state index is 0.0251. The molecule has 1 aliphatic heterocycles. The van der Waals surface area contributed by atoms with Gasteiger partial charge in [-0.15, -0.1) is 5.10 Å². The Hall–Kier alpha value is -1.54. The molecular formula is C12H17N3O4S. The molecule has 110 valence electrons. The van der Waals surface area contributed by atoms with Gasteiger partial charge in [0.2, 0.25) is 0 Å². The summed E-state index contributed by atoms with van der Waals surface area (Å²) in [4.78, 5) is 25.2. The Labute approximate surface area is 120 Å². The number of aromatic nitrogens is 2. The Morgan fingerprint density at radius 2 is 2.05 bits per heavy atom. The van der Waals surface area contributed by atoms with Crippen LogP contribution in [0.3, 0.4) is 0 Å². The van der Waals surface area contributed by atoms with Gasteiger partial charge in [-0.05, 0) is 11.5 Å². The second-order valence-electron chi connectivity index (χ2n) is 5.90.